The van der Waals surface area contributed by atoms with E-state index in [2.05, 4.69) is 18.9 Å². The number of carbonyl (C=O) groups is 2. The smallest absolute Gasteiger partial charge is 0.232 e. The van der Waals surface area contributed by atoms with Crippen LogP contribution in [0.2, 0.25) is 0 Å². The van der Waals surface area contributed by atoms with Crippen molar-refractivity contribution in [2.24, 2.45) is 0 Å². The third-order valence-corrected chi connectivity index (χ3v) is 4.58. The number of carbonyl (C=O) groups excluding carboxylic acids is 2. The first-order valence-corrected chi connectivity index (χ1v) is 7.87. The zero-order valence-corrected chi connectivity index (χ0v) is 12.8. The standard InChI is InChI=1S/C15H27N3O2/c1-3-13-6-4-5-7-18(13)15(20)12-14(19)17-10-8-16(2)9-11-17/h13H,3-12H2,1-2H3. The van der Waals surface area contributed by atoms with E-state index in [0.717, 1.165) is 52.0 Å². The van der Waals surface area contributed by atoms with E-state index in [4.69, 9.17) is 0 Å². The highest BCUT2D eigenvalue weighted by molar-refractivity contribution is 5.97. The summed E-state index contributed by atoms with van der Waals surface area (Å²) in [7, 11) is 2.06. The van der Waals surface area contributed by atoms with Gasteiger partial charge in [-0.25, -0.2) is 0 Å². The molecule has 0 N–H and O–H groups in total. The van der Waals surface area contributed by atoms with Gasteiger partial charge >= 0.3 is 0 Å². The molecule has 5 nitrogen and oxygen atoms in total. The van der Waals surface area contributed by atoms with Gasteiger partial charge in [0.05, 0.1) is 0 Å². The molecule has 1 atom stereocenters. The van der Waals surface area contributed by atoms with E-state index in [9.17, 15) is 9.59 Å². The van der Waals surface area contributed by atoms with Crippen molar-refractivity contribution in [3.8, 4) is 0 Å². The lowest BCUT2D eigenvalue weighted by Gasteiger charge is -2.36. The molecule has 0 aromatic heterocycles. The van der Waals surface area contributed by atoms with Gasteiger partial charge in [-0.3, -0.25) is 9.59 Å². The maximum atomic E-state index is 12.4. The molecular formula is C15H27N3O2. The number of piperidine rings is 1. The highest BCUT2D eigenvalue weighted by atomic mass is 16.2. The van der Waals surface area contributed by atoms with Crippen molar-refractivity contribution < 1.29 is 9.59 Å². The van der Waals surface area contributed by atoms with Crippen LogP contribution < -0.4 is 0 Å². The Bertz CT molecular complexity index is 351. The summed E-state index contributed by atoms with van der Waals surface area (Å²) in [6.45, 7) is 6.26. The fourth-order valence-corrected chi connectivity index (χ4v) is 3.15. The maximum Gasteiger partial charge on any atom is 0.232 e. The lowest BCUT2D eigenvalue weighted by molar-refractivity contribution is -0.143. The molecular weight excluding hydrogens is 254 g/mol. The van der Waals surface area contributed by atoms with Crippen LogP contribution >= 0.6 is 0 Å². The first kappa shape index (κ1) is 15.3. The molecule has 0 aliphatic carbocycles. The Labute approximate surface area is 121 Å². The van der Waals surface area contributed by atoms with Crippen molar-refractivity contribution >= 4 is 11.8 Å². The number of hydrogen-bond acceptors (Lipinski definition) is 3. The summed E-state index contributed by atoms with van der Waals surface area (Å²) in [6, 6.07) is 0.344. The second-order valence-corrected chi connectivity index (χ2v) is 6.01. The SMILES string of the molecule is CCC1CCCCN1C(=O)CC(=O)N1CCN(C)CC1. The van der Waals surface area contributed by atoms with Gasteiger partial charge < -0.3 is 14.7 Å². The Hall–Kier alpha value is -1.10. The third kappa shape index (κ3) is 3.72. The van der Waals surface area contributed by atoms with Crippen molar-refractivity contribution in [2.75, 3.05) is 39.8 Å². The Morgan fingerprint density at radius 1 is 1.00 bits per heavy atom. The second-order valence-electron chi connectivity index (χ2n) is 6.01. The molecule has 0 aromatic rings. The molecule has 0 saturated carbocycles. The van der Waals surface area contributed by atoms with Gasteiger partial charge in [-0.15, -0.1) is 0 Å². The third-order valence-electron chi connectivity index (χ3n) is 4.58. The van der Waals surface area contributed by atoms with Gasteiger partial charge in [0, 0.05) is 38.8 Å². The van der Waals surface area contributed by atoms with Crippen LogP contribution in [0.4, 0.5) is 0 Å². The Kier molecular flexibility index (Phi) is 5.40. The molecule has 5 heteroatoms. The number of nitrogens with zero attached hydrogens (tertiary/aromatic N) is 3. The Morgan fingerprint density at radius 3 is 2.35 bits per heavy atom. The van der Waals surface area contributed by atoms with Crippen molar-refractivity contribution in [1.82, 2.24) is 14.7 Å². The van der Waals surface area contributed by atoms with E-state index in [0.29, 0.717) is 6.04 Å². The molecule has 0 aromatic carbocycles. The Balaban J connectivity index is 1.85. The first-order chi connectivity index (χ1) is 9.61. The van der Waals surface area contributed by atoms with Gasteiger partial charge in [0.2, 0.25) is 11.8 Å². The molecule has 2 heterocycles. The molecule has 2 rings (SSSR count). The second kappa shape index (κ2) is 7.07. The monoisotopic (exact) mass is 281 g/mol. The number of piperazine rings is 1. The lowest BCUT2D eigenvalue weighted by atomic mass is 9.99. The van der Waals surface area contributed by atoms with Gasteiger partial charge in [-0.05, 0) is 32.7 Å². The number of likely N-dealkylation sites (tertiary alicyclic amines) is 1. The van der Waals surface area contributed by atoms with Gasteiger partial charge in [-0.1, -0.05) is 6.92 Å². The topological polar surface area (TPSA) is 43.9 Å². The predicted molar refractivity (Wildman–Crippen MR) is 78.3 cm³/mol. The van der Waals surface area contributed by atoms with Gasteiger partial charge in [0.15, 0.2) is 0 Å². The minimum absolute atomic E-state index is 0.00327. The van der Waals surface area contributed by atoms with E-state index in [1.54, 1.807) is 0 Å². The molecule has 1 unspecified atom stereocenters. The van der Waals surface area contributed by atoms with Crippen molar-refractivity contribution in [3.63, 3.8) is 0 Å². The van der Waals surface area contributed by atoms with E-state index >= 15 is 0 Å². The van der Waals surface area contributed by atoms with Gasteiger partial charge in [0.1, 0.15) is 6.42 Å². The van der Waals surface area contributed by atoms with Crippen LogP contribution in [-0.4, -0.2) is 72.3 Å². The molecule has 2 fully saturated rings. The summed E-state index contributed by atoms with van der Waals surface area (Å²) in [6.07, 6.45) is 4.42. The summed E-state index contributed by atoms with van der Waals surface area (Å²) in [5.41, 5.74) is 0. The molecule has 2 amide bonds. The van der Waals surface area contributed by atoms with E-state index in [1.165, 1.54) is 6.42 Å². The predicted octanol–water partition coefficient (Wildman–Crippen LogP) is 0.942. The molecule has 0 bridgehead atoms. The highest BCUT2D eigenvalue weighted by Crippen LogP contribution is 2.20. The van der Waals surface area contributed by atoms with Gasteiger partial charge in [0.25, 0.3) is 0 Å². The average molecular weight is 281 g/mol. The minimum atomic E-state index is 0.00327. The fourth-order valence-electron chi connectivity index (χ4n) is 3.15. The molecule has 20 heavy (non-hydrogen) atoms. The van der Waals surface area contributed by atoms with Crippen molar-refractivity contribution in [3.05, 3.63) is 0 Å². The number of amides is 2. The first-order valence-electron chi connectivity index (χ1n) is 7.87. The van der Waals surface area contributed by atoms with Crippen LogP contribution in [0, 0.1) is 0 Å². The van der Waals surface area contributed by atoms with E-state index < -0.39 is 0 Å². The summed E-state index contributed by atoms with van der Waals surface area (Å²) in [5.74, 6) is 0.0315. The van der Waals surface area contributed by atoms with E-state index in [-0.39, 0.29) is 18.2 Å². The van der Waals surface area contributed by atoms with Crippen LogP contribution in [0.5, 0.6) is 0 Å². The van der Waals surface area contributed by atoms with Gasteiger partial charge in [-0.2, -0.15) is 0 Å². The molecule has 0 spiro atoms. The quantitative estimate of drug-likeness (QED) is 0.723. The molecule has 2 saturated heterocycles. The average Bonchev–Trinajstić information content (AvgIpc) is 2.47. The molecule has 0 radical (unpaired) electrons. The summed E-state index contributed by atoms with van der Waals surface area (Å²) in [4.78, 5) is 30.6. The number of hydrogen-bond donors (Lipinski definition) is 0. The van der Waals surface area contributed by atoms with Crippen molar-refractivity contribution in [2.45, 2.75) is 45.1 Å². The maximum absolute atomic E-state index is 12.4. The van der Waals surface area contributed by atoms with E-state index in [1.807, 2.05) is 9.80 Å². The highest BCUT2D eigenvalue weighted by Gasteiger charge is 2.28. The largest absolute Gasteiger partial charge is 0.340 e. The van der Waals surface area contributed by atoms with Crippen LogP contribution in [0.3, 0.4) is 0 Å². The summed E-state index contributed by atoms with van der Waals surface area (Å²) in [5, 5.41) is 0. The molecule has 2 aliphatic heterocycles. The zero-order valence-electron chi connectivity index (χ0n) is 12.8. The summed E-state index contributed by atoms with van der Waals surface area (Å²) >= 11 is 0. The molecule has 114 valence electrons. The van der Waals surface area contributed by atoms with Crippen molar-refractivity contribution in [1.29, 1.82) is 0 Å². The summed E-state index contributed by atoms with van der Waals surface area (Å²) < 4.78 is 0. The molecule has 2 aliphatic rings. The normalized spacial score (nSPS) is 24.8. The minimum Gasteiger partial charge on any atom is -0.340 e. The van der Waals surface area contributed by atoms with Crippen LogP contribution in [0.1, 0.15) is 39.0 Å². The zero-order chi connectivity index (χ0) is 14.5. The fraction of sp³-hybridized carbons (Fsp3) is 0.867. The number of rotatable bonds is 3. The van der Waals surface area contributed by atoms with Crippen LogP contribution in [-0.2, 0) is 9.59 Å². The van der Waals surface area contributed by atoms with Crippen LogP contribution in [0.15, 0.2) is 0 Å². The number of likely N-dealkylation sites (N-methyl/N-ethyl adjacent to an activating group) is 1. The van der Waals surface area contributed by atoms with Crippen LogP contribution in [0.25, 0.3) is 0 Å². The lowest BCUT2D eigenvalue weighted by Crippen LogP contribution is -2.49. The Morgan fingerprint density at radius 2 is 1.70 bits per heavy atom.